The number of alkyl halides is 3. The van der Waals surface area contributed by atoms with E-state index in [1.165, 1.54) is 19.3 Å². The quantitative estimate of drug-likeness (QED) is 0.647. The smallest absolute Gasteiger partial charge is 0.317 e. The summed E-state index contributed by atoms with van der Waals surface area (Å²) in [4.78, 5) is 1.67. The highest BCUT2D eigenvalue weighted by Crippen LogP contribution is 2.22. The molecule has 0 atom stereocenters. The number of nitrogens with one attached hydrogen (secondary N) is 1. The standard InChI is InChI=1S/C15H29F3N2/c1-2-3-4-5-6-7-12-20(13-15(16,17)18)14-8-10-19-11-9-14/h14,19H,2-13H2,1H3. The van der Waals surface area contributed by atoms with Crippen LogP contribution in [0.4, 0.5) is 13.2 Å². The van der Waals surface area contributed by atoms with Crippen molar-refractivity contribution in [3.05, 3.63) is 0 Å². The lowest BCUT2D eigenvalue weighted by atomic mass is 10.0. The number of rotatable bonds is 9. The molecule has 1 N–H and O–H groups in total. The molecule has 20 heavy (non-hydrogen) atoms. The van der Waals surface area contributed by atoms with Gasteiger partial charge < -0.3 is 5.32 Å². The third-order valence-electron chi connectivity index (χ3n) is 4.01. The van der Waals surface area contributed by atoms with Crippen LogP contribution in [0.1, 0.15) is 58.3 Å². The summed E-state index contributed by atoms with van der Waals surface area (Å²) in [7, 11) is 0. The van der Waals surface area contributed by atoms with Gasteiger partial charge in [-0.2, -0.15) is 13.2 Å². The number of halogens is 3. The molecule has 120 valence electrons. The lowest BCUT2D eigenvalue weighted by molar-refractivity contribution is -0.152. The van der Waals surface area contributed by atoms with Crippen LogP contribution in [0.25, 0.3) is 0 Å². The van der Waals surface area contributed by atoms with Crippen molar-refractivity contribution in [1.82, 2.24) is 10.2 Å². The van der Waals surface area contributed by atoms with Crippen LogP contribution in [-0.4, -0.2) is 43.3 Å². The average Bonchev–Trinajstić information content (AvgIpc) is 2.41. The van der Waals surface area contributed by atoms with E-state index in [2.05, 4.69) is 12.2 Å². The molecule has 0 aromatic heterocycles. The van der Waals surface area contributed by atoms with Gasteiger partial charge in [0.15, 0.2) is 0 Å². The first-order valence-corrected chi connectivity index (χ1v) is 8.04. The molecule has 0 saturated carbocycles. The van der Waals surface area contributed by atoms with Crippen LogP contribution < -0.4 is 5.32 Å². The second-order valence-electron chi connectivity index (χ2n) is 5.83. The van der Waals surface area contributed by atoms with Crippen molar-refractivity contribution in [1.29, 1.82) is 0 Å². The fourth-order valence-corrected chi connectivity index (χ4v) is 2.89. The molecule has 0 aliphatic carbocycles. The monoisotopic (exact) mass is 294 g/mol. The largest absolute Gasteiger partial charge is 0.401 e. The normalized spacial score (nSPS) is 17.9. The van der Waals surface area contributed by atoms with Crippen LogP contribution in [0.2, 0.25) is 0 Å². The first-order valence-electron chi connectivity index (χ1n) is 8.04. The summed E-state index contributed by atoms with van der Waals surface area (Å²) >= 11 is 0. The van der Waals surface area contributed by atoms with E-state index in [9.17, 15) is 13.2 Å². The van der Waals surface area contributed by atoms with Crippen LogP contribution in [0.15, 0.2) is 0 Å². The van der Waals surface area contributed by atoms with E-state index in [-0.39, 0.29) is 6.04 Å². The lowest BCUT2D eigenvalue weighted by Crippen LogP contribution is -2.47. The van der Waals surface area contributed by atoms with Crippen molar-refractivity contribution >= 4 is 0 Å². The van der Waals surface area contributed by atoms with E-state index in [1.54, 1.807) is 4.90 Å². The average molecular weight is 294 g/mol. The Morgan fingerprint density at radius 3 is 2.20 bits per heavy atom. The van der Waals surface area contributed by atoms with Gasteiger partial charge >= 0.3 is 6.18 Å². The van der Waals surface area contributed by atoms with Gasteiger partial charge in [-0.15, -0.1) is 0 Å². The first-order chi connectivity index (χ1) is 9.53. The van der Waals surface area contributed by atoms with E-state index < -0.39 is 12.7 Å². The number of hydrogen-bond acceptors (Lipinski definition) is 2. The minimum absolute atomic E-state index is 0.105. The molecule has 0 amide bonds. The molecule has 2 nitrogen and oxygen atoms in total. The van der Waals surface area contributed by atoms with Crippen LogP contribution in [0.5, 0.6) is 0 Å². The summed E-state index contributed by atoms with van der Waals surface area (Å²) in [6.07, 6.45) is 4.35. The molecule has 1 aliphatic rings. The Bertz CT molecular complexity index is 238. The Balaban J connectivity index is 2.30. The molecule has 0 aromatic rings. The molecule has 1 fully saturated rings. The van der Waals surface area contributed by atoms with Gasteiger partial charge in [-0.3, -0.25) is 4.90 Å². The molecular formula is C15H29F3N2. The molecule has 0 spiro atoms. The maximum atomic E-state index is 12.7. The van der Waals surface area contributed by atoms with Gasteiger partial charge in [-0.25, -0.2) is 0 Å². The molecule has 0 radical (unpaired) electrons. The van der Waals surface area contributed by atoms with Crippen molar-refractivity contribution < 1.29 is 13.2 Å². The predicted octanol–water partition coefficient (Wildman–Crippen LogP) is 3.96. The first kappa shape index (κ1) is 17.8. The van der Waals surface area contributed by atoms with Crippen molar-refractivity contribution in [2.75, 3.05) is 26.2 Å². The zero-order valence-corrected chi connectivity index (χ0v) is 12.6. The fourth-order valence-electron chi connectivity index (χ4n) is 2.89. The molecule has 1 rings (SSSR count). The zero-order chi connectivity index (χ0) is 14.8. The number of nitrogens with zero attached hydrogens (tertiary/aromatic N) is 1. The molecular weight excluding hydrogens is 265 g/mol. The maximum Gasteiger partial charge on any atom is 0.401 e. The zero-order valence-electron chi connectivity index (χ0n) is 12.6. The Morgan fingerprint density at radius 1 is 1.00 bits per heavy atom. The highest BCUT2D eigenvalue weighted by atomic mass is 19.4. The Morgan fingerprint density at radius 2 is 1.60 bits per heavy atom. The van der Waals surface area contributed by atoms with Crippen LogP contribution in [0.3, 0.4) is 0 Å². The van der Waals surface area contributed by atoms with E-state index >= 15 is 0 Å². The molecule has 1 heterocycles. The summed E-state index contributed by atoms with van der Waals surface area (Å²) in [5, 5.41) is 3.21. The van der Waals surface area contributed by atoms with E-state index in [0.717, 1.165) is 45.2 Å². The highest BCUT2D eigenvalue weighted by molar-refractivity contribution is 4.79. The van der Waals surface area contributed by atoms with Gasteiger partial charge in [0.25, 0.3) is 0 Å². The van der Waals surface area contributed by atoms with Crippen molar-refractivity contribution in [3.63, 3.8) is 0 Å². The van der Waals surface area contributed by atoms with Crippen LogP contribution in [0, 0.1) is 0 Å². The Hall–Kier alpha value is -0.290. The third kappa shape index (κ3) is 8.10. The number of hydrogen-bond donors (Lipinski definition) is 1. The topological polar surface area (TPSA) is 15.3 Å². The summed E-state index contributed by atoms with van der Waals surface area (Å²) in [6.45, 7) is 3.70. The van der Waals surface area contributed by atoms with Crippen LogP contribution in [-0.2, 0) is 0 Å². The highest BCUT2D eigenvalue weighted by Gasteiger charge is 2.33. The SMILES string of the molecule is CCCCCCCCN(CC(F)(F)F)C1CCNCC1. The molecule has 0 unspecified atom stereocenters. The maximum absolute atomic E-state index is 12.7. The van der Waals surface area contributed by atoms with E-state index in [0.29, 0.717) is 6.54 Å². The number of unbranched alkanes of at least 4 members (excludes halogenated alkanes) is 5. The van der Waals surface area contributed by atoms with Gasteiger partial charge in [0, 0.05) is 6.04 Å². The second-order valence-corrected chi connectivity index (χ2v) is 5.83. The van der Waals surface area contributed by atoms with Gasteiger partial charge in [0.2, 0.25) is 0 Å². The molecule has 1 saturated heterocycles. The van der Waals surface area contributed by atoms with Gasteiger partial charge in [-0.05, 0) is 38.9 Å². The number of piperidine rings is 1. The van der Waals surface area contributed by atoms with E-state index in [1.807, 2.05) is 0 Å². The Kier molecular flexibility index (Phi) is 8.53. The summed E-state index contributed by atoms with van der Waals surface area (Å²) in [5.74, 6) is 0. The Labute approximate surface area is 121 Å². The van der Waals surface area contributed by atoms with Crippen molar-refractivity contribution in [2.45, 2.75) is 70.5 Å². The van der Waals surface area contributed by atoms with Gasteiger partial charge in [0.1, 0.15) is 0 Å². The summed E-state index contributed by atoms with van der Waals surface area (Å²) in [5.41, 5.74) is 0. The molecule has 0 aromatic carbocycles. The summed E-state index contributed by atoms with van der Waals surface area (Å²) in [6, 6.07) is 0.105. The van der Waals surface area contributed by atoms with Gasteiger partial charge in [0.05, 0.1) is 6.54 Å². The minimum Gasteiger partial charge on any atom is -0.317 e. The predicted molar refractivity (Wildman–Crippen MR) is 76.9 cm³/mol. The molecule has 1 aliphatic heterocycles. The van der Waals surface area contributed by atoms with E-state index in [4.69, 9.17) is 0 Å². The molecule has 5 heteroatoms. The van der Waals surface area contributed by atoms with Crippen LogP contribution >= 0.6 is 0 Å². The molecule has 0 bridgehead atoms. The fraction of sp³-hybridized carbons (Fsp3) is 1.00. The lowest BCUT2D eigenvalue weighted by Gasteiger charge is -2.35. The minimum atomic E-state index is -4.08. The second kappa shape index (κ2) is 9.61. The summed E-state index contributed by atoms with van der Waals surface area (Å²) < 4.78 is 38.0. The van der Waals surface area contributed by atoms with Crippen molar-refractivity contribution in [3.8, 4) is 0 Å². The van der Waals surface area contributed by atoms with Crippen molar-refractivity contribution in [2.24, 2.45) is 0 Å². The third-order valence-corrected chi connectivity index (χ3v) is 4.01. The van der Waals surface area contributed by atoms with Gasteiger partial charge in [-0.1, -0.05) is 39.0 Å².